The quantitative estimate of drug-likeness (QED) is 0.251. The summed E-state index contributed by atoms with van der Waals surface area (Å²) in [5.74, 6) is 0.0344. The third-order valence-corrected chi connectivity index (χ3v) is 10.1. The SMILES string of the molecule is O=C1CCC(N2Cc3cc(CN4CCC(c5ncnc6scc(-c7ccccc7)c56)CC4)ccc3C2S)C(=O)N1. The third kappa shape index (κ3) is 4.75. The van der Waals surface area contributed by atoms with E-state index in [0.717, 1.165) is 42.9 Å². The molecule has 3 aliphatic heterocycles. The minimum absolute atomic E-state index is 0.133. The molecule has 7 nitrogen and oxygen atoms in total. The summed E-state index contributed by atoms with van der Waals surface area (Å²) < 4.78 is 0. The summed E-state index contributed by atoms with van der Waals surface area (Å²) in [4.78, 5) is 39.2. The topological polar surface area (TPSA) is 78.4 Å². The lowest BCUT2D eigenvalue weighted by atomic mass is 9.90. The number of imide groups is 1. The Morgan fingerprint density at radius 1 is 1.02 bits per heavy atom. The fourth-order valence-corrected chi connectivity index (χ4v) is 7.97. The highest BCUT2D eigenvalue weighted by Crippen LogP contribution is 2.41. The second kappa shape index (κ2) is 10.7. The molecule has 9 heteroatoms. The lowest BCUT2D eigenvalue weighted by Gasteiger charge is -2.32. The zero-order valence-corrected chi connectivity index (χ0v) is 23.8. The van der Waals surface area contributed by atoms with Crippen LogP contribution < -0.4 is 5.32 Å². The Hall–Kier alpha value is -3.11. The van der Waals surface area contributed by atoms with Crippen molar-refractivity contribution in [2.75, 3.05) is 13.1 Å². The average molecular weight is 570 g/mol. The van der Waals surface area contributed by atoms with E-state index in [4.69, 9.17) is 17.6 Å². The predicted octanol–water partition coefficient (Wildman–Crippen LogP) is 5.29. The predicted molar refractivity (Wildman–Crippen MR) is 160 cm³/mol. The smallest absolute Gasteiger partial charge is 0.243 e. The Bertz CT molecular complexity index is 1580. The normalized spacial score (nSPS) is 22.5. The van der Waals surface area contributed by atoms with Crippen LogP contribution in [0.1, 0.15) is 59.4 Å². The first kappa shape index (κ1) is 25.8. The highest BCUT2D eigenvalue weighted by molar-refractivity contribution is 7.80. The molecule has 0 radical (unpaired) electrons. The molecule has 0 bridgehead atoms. The van der Waals surface area contributed by atoms with Crippen molar-refractivity contribution in [1.82, 2.24) is 25.1 Å². The number of nitrogens with zero attached hydrogens (tertiary/aromatic N) is 4. The van der Waals surface area contributed by atoms with E-state index in [1.807, 2.05) is 0 Å². The van der Waals surface area contributed by atoms with Gasteiger partial charge in [-0.3, -0.25) is 24.7 Å². The number of hydrogen-bond donors (Lipinski definition) is 2. The summed E-state index contributed by atoms with van der Waals surface area (Å²) in [6.45, 7) is 3.63. The number of carbonyl (C=O) groups is 2. The first-order chi connectivity index (χ1) is 19.5. The van der Waals surface area contributed by atoms with Gasteiger partial charge < -0.3 is 0 Å². The van der Waals surface area contributed by atoms with Gasteiger partial charge in [0.25, 0.3) is 0 Å². The monoisotopic (exact) mass is 569 g/mol. The standard InChI is InChI=1S/C31H31N5O2S2/c37-26-9-8-25(29(38)34-26)36-16-22-14-19(6-7-23(22)31(36)39)15-35-12-10-21(11-13-35)28-27-24(20-4-2-1-3-5-20)17-40-30(27)33-18-32-28/h1-7,14,17-18,21,25,31,39H,8-13,15-16H2,(H,34,37,38). The van der Waals surface area contributed by atoms with Gasteiger partial charge in [-0.1, -0.05) is 48.5 Å². The summed E-state index contributed by atoms with van der Waals surface area (Å²) in [5.41, 5.74) is 7.33. The maximum Gasteiger partial charge on any atom is 0.243 e. The number of fused-ring (bicyclic) bond motifs is 2. The number of thiol groups is 1. The Kier molecular flexibility index (Phi) is 6.91. The lowest BCUT2D eigenvalue weighted by molar-refractivity contribution is -0.137. The van der Waals surface area contributed by atoms with E-state index in [-0.39, 0.29) is 23.2 Å². The van der Waals surface area contributed by atoms with Gasteiger partial charge in [-0.05, 0) is 54.6 Å². The molecule has 0 aliphatic carbocycles. The molecule has 0 spiro atoms. The van der Waals surface area contributed by atoms with Crippen molar-refractivity contribution in [2.45, 2.75) is 56.1 Å². The van der Waals surface area contributed by atoms with E-state index in [1.165, 1.54) is 33.3 Å². The molecule has 2 saturated heterocycles. The van der Waals surface area contributed by atoms with Gasteiger partial charge in [0.15, 0.2) is 0 Å². The number of nitrogens with one attached hydrogen (secondary N) is 1. The molecule has 2 atom stereocenters. The molecule has 2 amide bonds. The number of likely N-dealkylation sites (tertiary alicyclic amines) is 1. The van der Waals surface area contributed by atoms with Gasteiger partial charge in [0.1, 0.15) is 11.2 Å². The van der Waals surface area contributed by atoms with Gasteiger partial charge in [0.2, 0.25) is 11.8 Å². The first-order valence-corrected chi connectivity index (χ1v) is 15.3. The van der Waals surface area contributed by atoms with E-state index in [9.17, 15) is 9.59 Å². The average Bonchev–Trinajstić information content (AvgIpc) is 3.55. The number of thiophene rings is 1. The van der Waals surface area contributed by atoms with Crippen molar-refractivity contribution < 1.29 is 9.59 Å². The fraction of sp³-hybridized carbons (Fsp3) is 0.355. The molecule has 1 N–H and O–H groups in total. The largest absolute Gasteiger partial charge is 0.299 e. The van der Waals surface area contributed by atoms with Crippen molar-refractivity contribution in [3.8, 4) is 11.1 Å². The molecule has 40 heavy (non-hydrogen) atoms. The van der Waals surface area contributed by atoms with E-state index < -0.39 is 0 Å². The molecule has 2 aromatic carbocycles. The van der Waals surface area contributed by atoms with Gasteiger partial charge in [-0.25, -0.2) is 9.97 Å². The molecule has 4 aromatic rings. The van der Waals surface area contributed by atoms with Crippen molar-refractivity contribution in [2.24, 2.45) is 0 Å². The zero-order chi connectivity index (χ0) is 27.2. The maximum atomic E-state index is 12.5. The molecule has 2 unspecified atom stereocenters. The molecule has 5 heterocycles. The lowest BCUT2D eigenvalue weighted by Crippen LogP contribution is -2.51. The van der Waals surface area contributed by atoms with Crippen LogP contribution in [0.5, 0.6) is 0 Å². The summed E-state index contributed by atoms with van der Waals surface area (Å²) in [6.07, 6.45) is 4.80. The number of benzene rings is 2. The molecule has 2 aromatic heterocycles. The molecule has 204 valence electrons. The van der Waals surface area contributed by atoms with Crippen molar-refractivity contribution in [3.63, 3.8) is 0 Å². The summed E-state index contributed by atoms with van der Waals surface area (Å²) in [6, 6.07) is 16.9. The molecule has 2 fully saturated rings. The first-order valence-electron chi connectivity index (χ1n) is 13.9. The highest BCUT2D eigenvalue weighted by Gasteiger charge is 2.39. The van der Waals surface area contributed by atoms with Gasteiger partial charge in [-0.2, -0.15) is 12.6 Å². The van der Waals surface area contributed by atoms with E-state index in [1.54, 1.807) is 17.7 Å². The van der Waals surface area contributed by atoms with Gasteiger partial charge in [0, 0.05) is 41.8 Å². The number of amides is 2. The van der Waals surface area contributed by atoms with Crippen LogP contribution in [-0.2, 0) is 22.7 Å². The zero-order valence-electron chi connectivity index (χ0n) is 22.1. The van der Waals surface area contributed by atoms with E-state index >= 15 is 0 Å². The van der Waals surface area contributed by atoms with E-state index in [0.29, 0.717) is 25.3 Å². The van der Waals surface area contributed by atoms with Gasteiger partial charge >= 0.3 is 0 Å². The molecular weight excluding hydrogens is 539 g/mol. The number of rotatable bonds is 5. The van der Waals surface area contributed by atoms with Crippen molar-refractivity contribution >= 4 is 46.0 Å². The molecule has 0 saturated carbocycles. The number of piperidine rings is 2. The Balaban J connectivity index is 1.03. The fourth-order valence-electron chi connectivity index (χ4n) is 6.55. The molecule has 7 rings (SSSR count). The number of carbonyl (C=O) groups excluding carboxylic acids is 2. The van der Waals surface area contributed by atoms with Crippen molar-refractivity contribution in [3.05, 3.63) is 82.6 Å². The summed E-state index contributed by atoms with van der Waals surface area (Å²) in [7, 11) is 0. The summed E-state index contributed by atoms with van der Waals surface area (Å²) in [5, 5.41) is 5.79. The Labute approximate surface area is 243 Å². The maximum absolute atomic E-state index is 12.5. The van der Waals surface area contributed by atoms with Crippen molar-refractivity contribution in [1.29, 1.82) is 0 Å². The Morgan fingerprint density at radius 3 is 2.65 bits per heavy atom. The number of hydrogen-bond acceptors (Lipinski definition) is 8. The minimum Gasteiger partial charge on any atom is -0.299 e. The van der Waals surface area contributed by atoms with Crippen LogP contribution in [0.25, 0.3) is 21.3 Å². The second-order valence-electron chi connectivity index (χ2n) is 11.1. The molecular formula is C31H31N5O2S2. The van der Waals surface area contributed by atoms with Crippen LogP contribution in [0.4, 0.5) is 0 Å². The minimum atomic E-state index is -0.311. The van der Waals surface area contributed by atoms with Crippen LogP contribution >= 0.6 is 24.0 Å². The van der Waals surface area contributed by atoms with Crippen LogP contribution in [-0.4, -0.2) is 50.7 Å². The van der Waals surface area contributed by atoms with E-state index in [2.05, 4.69) is 74.0 Å². The van der Waals surface area contributed by atoms with Crippen LogP contribution in [0, 0.1) is 0 Å². The summed E-state index contributed by atoms with van der Waals surface area (Å²) >= 11 is 6.54. The van der Waals surface area contributed by atoms with Gasteiger partial charge in [0.05, 0.1) is 17.1 Å². The second-order valence-corrected chi connectivity index (χ2v) is 12.4. The van der Waals surface area contributed by atoms with Crippen LogP contribution in [0.2, 0.25) is 0 Å². The van der Waals surface area contributed by atoms with Crippen LogP contribution in [0.3, 0.4) is 0 Å². The third-order valence-electron chi connectivity index (χ3n) is 8.63. The highest BCUT2D eigenvalue weighted by atomic mass is 32.1. The number of aromatic nitrogens is 2. The van der Waals surface area contributed by atoms with Gasteiger partial charge in [-0.15, -0.1) is 11.3 Å². The Morgan fingerprint density at radius 2 is 1.85 bits per heavy atom. The van der Waals surface area contributed by atoms with Crippen LogP contribution in [0.15, 0.2) is 60.2 Å². The molecule has 3 aliphatic rings.